The smallest absolute Gasteiger partial charge is 0.391 e. The number of ether oxygens (including phenoxy) is 2. The van der Waals surface area contributed by atoms with Gasteiger partial charge < -0.3 is 14.6 Å². The lowest BCUT2D eigenvalue weighted by molar-refractivity contribution is -0.156. The molecular formula is C12H12ClF3O4. The van der Waals surface area contributed by atoms with Gasteiger partial charge in [-0.25, -0.2) is 4.79 Å². The van der Waals surface area contributed by atoms with Crippen LogP contribution < -0.4 is 4.74 Å². The Hall–Kier alpha value is -1.47. The second kappa shape index (κ2) is 6.81. The molecule has 0 saturated heterocycles. The second-order valence-corrected chi connectivity index (χ2v) is 4.32. The standard InChI is InChI=1S/C12H12ClF3O4/c1-19-11(18)9-3-2-8(4-10(9)13)20-6-7(17)5-12(14,15)16/h2-4,7,17H,5-6H2,1H3. The van der Waals surface area contributed by atoms with E-state index in [-0.39, 0.29) is 16.3 Å². The minimum Gasteiger partial charge on any atom is -0.491 e. The molecule has 0 aliphatic heterocycles. The predicted molar refractivity (Wildman–Crippen MR) is 65.0 cm³/mol. The van der Waals surface area contributed by atoms with Gasteiger partial charge in [0.05, 0.1) is 30.2 Å². The molecule has 1 rings (SSSR count). The summed E-state index contributed by atoms with van der Waals surface area (Å²) in [5.41, 5.74) is 0.109. The number of carbonyl (C=O) groups is 1. The van der Waals surface area contributed by atoms with Crippen LogP contribution in [0.5, 0.6) is 5.75 Å². The number of hydrogen-bond donors (Lipinski definition) is 1. The van der Waals surface area contributed by atoms with Crippen molar-refractivity contribution < 1.29 is 32.5 Å². The van der Waals surface area contributed by atoms with E-state index in [4.69, 9.17) is 21.4 Å². The number of carbonyl (C=O) groups excluding carboxylic acids is 1. The minimum absolute atomic E-state index is 0.0414. The molecule has 1 atom stereocenters. The fourth-order valence-corrected chi connectivity index (χ4v) is 1.63. The van der Waals surface area contributed by atoms with Crippen LogP contribution in [0.15, 0.2) is 18.2 Å². The predicted octanol–water partition coefficient (Wildman–Crippen LogP) is 2.82. The van der Waals surface area contributed by atoms with Gasteiger partial charge in [-0.2, -0.15) is 13.2 Å². The van der Waals surface area contributed by atoms with Crippen molar-refractivity contribution >= 4 is 17.6 Å². The molecule has 0 aliphatic rings. The largest absolute Gasteiger partial charge is 0.491 e. The molecule has 0 radical (unpaired) electrons. The summed E-state index contributed by atoms with van der Waals surface area (Å²) in [6.45, 7) is -0.534. The zero-order chi connectivity index (χ0) is 15.3. The van der Waals surface area contributed by atoms with Crippen LogP contribution in [0.3, 0.4) is 0 Å². The molecule has 0 saturated carbocycles. The fraction of sp³-hybridized carbons (Fsp3) is 0.417. The van der Waals surface area contributed by atoms with Gasteiger partial charge in [-0.1, -0.05) is 11.6 Å². The van der Waals surface area contributed by atoms with Crippen LogP contribution in [0.4, 0.5) is 13.2 Å². The number of esters is 1. The van der Waals surface area contributed by atoms with Gasteiger partial charge in [-0.05, 0) is 18.2 Å². The summed E-state index contributed by atoms with van der Waals surface area (Å²) in [6.07, 6.45) is -7.50. The molecule has 1 N–H and O–H groups in total. The van der Waals surface area contributed by atoms with E-state index >= 15 is 0 Å². The molecule has 112 valence electrons. The van der Waals surface area contributed by atoms with E-state index in [1.165, 1.54) is 25.3 Å². The maximum atomic E-state index is 12.0. The topological polar surface area (TPSA) is 55.8 Å². The molecule has 8 heteroatoms. The molecule has 1 unspecified atom stereocenters. The summed E-state index contributed by atoms with van der Waals surface area (Å²) in [6, 6.07) is 3.92. The molecule has 20 heavy (non-hydrogen) atoms. The van der Waals surface area contributed by atoms with Crippen molar-refractivity contribution in [3.63, 3.8) is 0 Å². The highest BCUT2D eigenvalue weighted by Crippen LogP contribution is 2.25. The Morgan fingerprint density at radius 1 is 1.45 bits per heavy atom. The molecule has 0 fully saturated rings. The van der Waals surface area contributed by atoms with Crippen LogP contribution in [0.1, 0.15) is 16.8 Å². The Labute approximate surface area is 118 Å². The first kappa shape index (κ1) is 16.6. The highest BCUT2D eigenvalue weighted by Gasteiger charge is 2.31. The van der Waals surface area contributed by atoms with Crippen LogP contribution in [0.2, 0.25) is 5.02 Å². The van der Waals surface area contributed by atoms with E-state index in [9.17, 15) is 18.0 Å². The third-order valence-electron chi connectivity index (χ3n) is 2.26. The Kier molecular flexibility index (Phi) is 5.64. The van der Waals surface area contributed by atoms with Gasteiger partial charge in [-0.3, -0.25) is 0 Å². The van der Waals surface area contributed by atoms with E-state index in [1.54, 1.807) is 0 Å². The van der Waals surface area contributed by atoms with Gasteiger partial charge in [0.1, 0.15) is 12.4 Å². The van der Waals surface area contributed by atoms with Crippen molar-refractivity contribution in [1.82, 2.24) is 0 Å². The molecular weight excluding hydrogens is 301 g/mol. The first-order valence-electron chi connectivity index (χ1n) is 5.48. The molecule has 0 bridgehead atoms. The number of benzene rings is 1. The summed E-state index contributed by atoms with van der Waals surface area (Å²) < 4.78 is 45.4. The quantitative estimate of drug-likeness (QED) is 0.849. The van der Waals surface area contributed by atoms with Crippen molar-refractivity contribution in [1.29, 1.82) is 0 Å². The summed E-state index contributed by atoms with van der Waals surface area (Å²) >= 11 is 5.80. The summed E-state index contributed by atoms with van der Waals surface area (Å²) in [7, 11) is 1.19. The van der Waals surface area contributed by atoms with Crippen LogP contribution in [-0.4, -0.2) is 37.1 Å². The fourth-order valence-electron chi connectivity index (χ4n) is 1.38. The van der Waals surface area contributed by atoms with Gasteiger partial charge in [0.2, 0.25) is 0 Å². The van der Waals surface area contributed by atoms with Gasteiger partial charge >= 0.3 is 12.1 Å². The van der Waals surface area contributed by atoms with Crippen LogP contribution in [0, 0.1) is 0 Å². The van der Waals surface area contributed by atoms with E-state index in [0.717, 1.165) is 0 Å². The Morgan fingerprint density at radius 2 is 2.10 bits per heavy atom. The van der Waals surface area contributed by atoms with Gasteiger partial charge in [0.15, 0.2) is 0 Å². The zero-order valence-electron chi connectivity index (χ0n) is 10.4. The highest BCUT2D eigenvalue weighted by molar-refractivity contribution is 6.33. The Balaban J connectivity index is 2.62. The molecule has 0 heterocycles. The SMILES string of the molecule is COC(=O)c1ccc(OCC(O)CC(F)(F)F)cc1Cl. The number of rotatable bonds is 5. The normalized spacial score (nSPS) is 12.9. The maximum Gasteiger partial charge on any atom is 0.391 e. The van der Waals surface area contributed by atoms with Crippen molar-refractivity contribution in [3.8, 4) is 5.75 Å². The molecule has 1 aromatic carbocycles. The average molecular weight is 313 g/mol. The van der Waals surface area contributed by atoms with Crippen molar-refractivity contribution in [2.75, 3.05) is 13.7 Å². The average Bonchev–Trinajstić information content (AvgIpc) is 2.33. The monoisotopic (exact) mass is 312 g/mol. The van der Waals surface area contributed by atoms with E-state index in [0.29, 0.717) is 0 Å². The van der Waals surface area contributed by atoms with Gasteiger partial charge in [-0.15, -0.1) is 0 Å². The number of alkyl halides is 3. The first-order chi connectivity index (χ1) is 9.23. The van der Waals surface area contributed by atoms with Crippen molar-refractivity contribution in [2.45, 2.75) is 18.7 Å². The number of hydrogen-bond acceptors (Lipinski definition) is 4. The maximum absolute atomic E-state index is 12.0. The van der Waals surface area contributed by atoms with Crippen molar-refractivity contribution in [2.24, 2.45) is 0 Å². The Bertz CT molecular complexity index is 476. The molecule has 1 aromatic rings. The minimum atomic E-state index is -4.46. The van der Waals surface area contributed by atoms with E-state index < -0.39 is 31.3 Å². The van der Waals surface area contributed by atoms with E-state index in [2.05, 4.69) is 4.74 Å². The molecule has 0 aliphatic carbocycles. The molecule has 0 aromatic heterocycles. The number of aliphatic hydroxyl groups excluding tert-OH is 1. The number of aliphatic hydroxyl groups is 1. The third-order valence-corrected chi connectivity index (χ3v) is 2.57. The molecule has 4 nitrogen and oxygen atoms in total. The zero-order valence-corrected chi connectivity index (χ0v) is 11.2. The van der Waals surface area contributed by atoms with E-state index in [1.807, 2.05) is 0 Å². The number of halogens is 4. The summed E-state index contributed by atoms with van der Waals surface area (Å²) in [5.74, 6) is -0.498. The lowest BCUT2D eigenvalue weighted by atomic mass is 10.2. The second-order valence-electron chi connectivity index (χ2n) is 3.92. The lowest BCUT2D eigenvalue weighted by Crippen LogP contribution is -2.25. The Morgan fingerprint density at radius 3 is 2.60 bits per heavy atom. The highest BCUT2D eigenvalue weighted by atomic mass is 35.5. The first-order valence-corrected chi connectivity index (χ1v) is 5.86. The molecule has 0 spiro atoms. The third kappa shape index (κ3) is 5.26. The van der Waals surface area contributed by atoms with Crippen molar-refractivity contribution in [3.05, 3.63) is 28.8 Å². The van der Waals surface area contributed by atoms with Crippen LogP contribution in [0.25, 0.3) is 0 Å². The molecule has 0 amide bonds. The van der Waals surface area contributed by atoms with Gasteiger partial charge in [0, 0.05) is 0 Å². The van der Waals surface area contributed by atoms with Gasteiger partial charge in [0.25, 0.3) is 0 Å². The summed E-state index contributed by atoms with van der Waals surface area (Å²) in [4.78, 5) is 11.3. The van der Waals surface area contributed by atoms with Crippen LogP contribution in [-0.2, 0) is 4.74 Å². The summed E-state index contributed by atoms with van der Waals surface area (Å²) in [5, 5.41) is 9.19. The van der Waals surface area contributed by atoms with Crippen LogP contribution >= 0.6 is 11.6 Å². The lowest BCUT2D eigenvalue weighted by Gasteiger charge is -2.14. The number of methoxy groups -OCH3 is 1.